The average molecular weight is 774 g/mol. The summed E-state index contributed by atoms with van der Waals surface area (Å²) in [7, 11) is 0. The van der Waals surface area contributed by atoms with Gasteiger partial charge < -0.3 is 4.57 Å². The summed E-state index contributed by atoms with van der Waals surface area (Å²) in [6.45, 7) is 0. The maximum absolute atomic E-state index is 2.51. The molecule has 2 atom stereocenters. The van der Waals surface area contributed by atoms with Gasteiger partial charge in [-0.1, -0.05) is 182 Å². The number of hydrogen-bond acceptors (Lipinski definition) is 0. The zero-order chi connectivity index (χ0) is 40.0. The Kier molecular flexibility index (Phi) is 7.50. The van der Waals surface area contributed by atoms with E-state index >= 15 is 0 Å². The molecule has 11 aromatic rings. The molecule has 0 fully saturated rings. The minimum atomic E-state index is 0.172. The molecule has 61 heavy (non-hydrogen) atoms. The van der Waals surface area contributed by atoms with Crippen molar-refractivity contribution in [2.24, 2.45) is 0 Å². The van der Waals surface area contributed by atoms with Crippen LogP contribution in [0.15, 0.2) is 224 Å². The van der Waals surface area contributed by atoms with Crippen molar-refractivity contribution in [1.82, 2.24) is 4.57 Å². The van der Waals surface area contributed by atoms with E-state index in [1.807, 2.05) is 0 Å². The lowest BCUT2D eigenvalue weighted by Crippen LogP contribution is -2.00. The van der Waals surface area contributed by atoms with Crippen molar-refractivity contribution in [2.45, 2.75) is 11.8 Å². The highest BCUT2D eigenvalue weighted by Crippen LogP contribution is 2.52. The highest BCUT2D eigenvalue weighted by molar-refractivity contribution is 6.12. The quantitative estimate of drug-likeness (QED) is 0.164. The van der Waals surface area contributed by atoms with Crippen molar-refractivity contribution in [3.8, 4) is 50.2 Å². The van der Waals surface area contributed by atoms with Crippen LogP contribution in [0.1, 0.15) is 45.2 Å². The number of rotatable bonds is 5. The number of nitrogens with zero attached hydrogens (tertiary/aromatic N) is 1. The van der Waals surface area contributed by atoms with E-state index in [2.05, 4.69) is 229 Å². The van der Waals surface area contributed by atoms with Gasteiger partial charge in [0.2, 0.25) is 0 Å². The molecule has 0 spiro atoms. The Hall–Kier alpha value is -7.74. The van der Waals surface area contributed by atoms with Crippen molar-refractivity contribution >= 4 is 32.6 Å². The van der Waals surface area contributed by atoms with Crippen LogP contribution in [0.25, 0.3) is 82.8 Å². The van der Waals surface area contributed by atoms with Crippen molar-refractivity contribution in [3.05, 3.63) is 258 Å². The Morgan fingerprint density at radius 2 is 0.852 bits per heavy atom. The van der Waals surface area contributed by atoms with Gasteiger partial charge in [0, 0.05) is 28.3 Å². The first kappa shape index (κ1) is 34.2. The van der Waals surface area contributed by atoms with Gasteiger partial charge in [0.1, 0.15) is 0 Å². The highest BCUT2D eigenvalue weighted by Gasteiger charge is 2.33. The van der Waals surface area contributed by atoms with Crippen LogP contribution < -0.4 is 0 Å². The molecule has 0 amide bonds. The molecule has 0 bridgehead atoms. The van der Waals surface area contributed by atoms with Gasteiger partial charge in [-0.15, -0.1) is 0 Å². The van der Waals surface area contributed by atoms with Crippen LogP contribution in [-0.2, 0) is 0 Å². The maximum Gasteiger partial charge on any atom is 0.0547 e. The second-order valence-corrected chi connectivity index (χ2v) is 16.8. The van der Waals surface area contributed by atoms with Crippen LogP contribution in [0.2, 0.25) is 0 Å². The van der Waals surface area contributed by atoms with Crippen molar-refractivity contribution in [2.75, 3.05) is 0 Å². The van der Waals surface area contributed by atoms with E-state index in [9.17, 15) is 0 Å². The van der Waals surface area contributed by atoms with Crippen molar-refractivity contribution < 1.29 is 0 Å². The third-order valence-electron chi connectivity index (χ3n) is 13.5. The Balaban J connectivity index is 1.03. The maximum atomic E-state index is 2.51. The van der Waals surface area contributed by atoms with Gasteiger partial charge in [-0.3, -0.25) is 0 Å². The van der Waals surface area contributed by atoms with Gasteiger partial charge in [0.25, 0.3) is 0 Å². The molecule has 13 rings (SSSR count). The van der Waals surface area contributed by atoms with E-state index in [0.717, 1.165) is 5.69 Å². The Morgan fingerprint density at radius 1 is 0.279 bits per heavy atom. The Labute approximate surface area is 355 Å². The van der Waals surface area contributed by atoms with E-state index in [-0.39, 0.29) is 11.8 Å². The van der Waals surface area contributed by atoms with Crippen LogP contribution in [-0.4, -0.2) is 4.57 Å². The van der Waals surface area contributed by atoms with Gasteiger partial charge in [-0.25, -0.2) is 0 Å². The van der Waals surface area contributed by atoms with Gasteiger partial charge in [-0.05, 0) is 131 Å². The minimum Gasteiger partial charge on any atom is -0.309 e. The summed E-state index contributed by atoms with van der Waals surface area (Å²) in [6, 6.07) is 83.7. The molecule has 0 N–H and O–H groups in total. The smallest absolute Gasteiger partial charge is 0.0547 e. The lowest BCUT2D eigenvalue weighted by molar-refractivity contribution is 1.02. The number of hydrogen-bond donors (Lipinski definition) is 0. The normalized spacial score (nSPS) is 14.9. The number of benzene rings is 10. The lowest BCUT2D eigenvalue weighted by atomic mass is 9.86. The summed E-state index contributed by atoms with van der Waals surface area (Å²) in [5.41, 5.74) is 22.0. The molecule has 2 aliphatic carbocycles. The van der Waals surface area contributed by atoms with E-state index < -0.39 is 0 Å². The Bertz CT molecular complexity index is 3530. The molecule has 1 nitrogen and oxygen atoms in total. The molecule has 1 aromatic heterocycles. The monoisotopic (exact) mass is 773 g/mol. The average Bonchev–Trinajstić information content (AvgIpc) is 3.96. The molecule has 0 saturated heterocycles. The summed E-state index contributed by atoms with van der Waals surface area (Å²) < 4.78 is 2.49. The second-order valence-electron chi connectivity index (χ2n) is 16.8. The van der Waals surface area contributed by atoms with Crippen LogP contribution in [0.3, 0.4) is 0 Å². The molecular weight excluding hydrogens is 735 g/mol. The van der Waals surface area contributed by atoms with E-state index in [1.54, 1.807) is 0 Å². The largest absolute Gasteiger partial charge is 0.309 e. The highest BCUT2D eigenvalue weighted by atomic mass is 15.0. The molecule has 0 radical (unpaired) electrons. The molecule has 2 aliphatic rings. The third-order valence-corrected chi connectivity index (χ3v) is 13.5. The first-order valence-electron chi connectivity index (χ1n) is 21.4. The predicted octanol–water partition coefficient (Wildman–Crippen LogP) is 15.6. The van der Waals surface area contributed by atoms with Gasteiger partial charge in [-0.2, -0.15) is 0 Å². The van der Waals surface area contributed by atoms with Crippen molar-refractivity contribution in [1.29, 1.82) is 0 Å². The lowest BCUT2D eigenvalue weighted by Gasteiger charge is -2.17. The predicted molar refractivity (Wildman–Crippen MR) is 255 cm³/mol. The number of fused-ring (bicyclic) bond motifs is 10. The molecule has 0 saturated carbocycles. The fraction of sp³-hybridized carbons (Fsp3) is 0.0333. The molecule has 10 aromatic carbocycles. The second kappa shape index (κ2) is 13.4. The molecule has 1 heterocycles. The van der Waals surface area contributed by atoms with Crippen LogP contribution >= 0.6 is 0 Å². The summed E-state index contributed by atoms with van der Waals surface area (Å²) in [5, 5.41) is 5.14. The SMILES string of the molecule is c1ccc(-c2cccc(-n3c4ccc(-c5ccc6c(c5)-c5ccccc5C6c5cccc6ccccc56)cc4c4cc5c(cc43)-c3ccccc3C5c3ccccc3)c2)cc1. The summed E-state index contributed by atoms with van der Waals surface area (Å²) >= 11 is 0. The van der Waals surface area contributed by atoms with Crippen LogP contribution in [0.5, 0.6) is 0 Å². The zero-order valence-corrected chi connectivity index (χ0v) is 33.5. The van der Waals surface area contributed by atoms with E-state index in [0.29, 0.717) is 0 Å². The third kappa shape index (κ3) is 5.20. The summed E-state index contributed by atoms with van der Waals surface area (Å²) in [5.74, 6) is 0.355. The zero-order valence-electron chi connectivity index (χ0n) is 33.5. The summed E-state index contributed by atoms with van der Waals surface area (Å²) in [6.07, 6.45) is 0. The topological polar surface area (TPSA) is 4.93 Å². The summed E-state index contributed by atoms with van der Waals surface area (Å²) in [4.78, 5) is 0. The van der Waals surface area contributed by atoms with Crippen molar-refractivity contribution in [3.63, 3.8) is 0 Å². The van der Waals surface area contributed by atoms with Gasteiger partial charge in [0.15, 0.2) is 0 Å². The molecule has 284 valence electrons. The number of aromatic nitrogens is 1. The standard InChI is InChI=1S/C60H39N/c1-3-15-38(16-4-1)41-21-13-22-44(33-41)61-57-32-30-43(35-54(57)55-36-56-53(37-58(55)61)46-24-9-11-26-49(46)59(56)40-18-5-2-6-19-40)42-29-31-51-52(34-42)47-25-10-12-27-50(47)60(51)48-28-14-20-39-17-7-8-23-45(39)48/h1-37,59-60H. The Morgan fingerprint density at radius 3 is 1.69 bits per heavy atom. The fourth-order valence-electron chi connectivity index (χ4n) is 10.9. The van der Waals surface area contributed by atoms with Crippen LogP contribution in [0, 0.1) is 0 Å². The van der Waals surface area contributed by atoms with E-state index in [4.69, 9.17) is 0 Å². The van der Waals surface area contributed by atoms with Crippen LogP contribution in [0.4, 0.5) is 0 Å². The molecule has 1 heteroatoms. The van der Waals surface area contributed by atoms with Gasteiger partial charge >= 0.3 is 0 Å². The first-order chi connectivity index (χ1) is 30.3. The molecule has 2 unspecified atom stereocenters. The first-order valence-corrected chi connectivity index (χ1v) is 21.4. The molecule has 0 aliphatic heterocycles. The van der Waals surface area contributed by atoms with E-state index in [1.165, 1.54) is 110 Å². The minimum absolute atomic E-state index is 0.172. The van der Waals surface area contributed by atoms with Gasteiger partial charge in [0.05, 0.1) is 11.0 Å². The molecular formula is C60H39N. The fourth-order valence-corrected chi connectivity index (χ4v) is 10.9.